The molecule has 59 heavy (non-hydrogen) atoms. The average Bonchev–Trinajstić information content (AvgIpc) is 3.92. The molecule has 0 aliphatic heterocycles. The Balaban J connectivity index is 0.955. The lowest BCUT2D eigenvalue weighted by atomic mass is 10.1. The third kappa shape index (κ3) is 5.27. The van der Waals surface area contributed by atoms with E-state index in [1.807, 2.05) is 77.4 Å². The number of rotatable bonds is 7. The van der Waals surface area contributed by atoms with Crippen molar-refractivity contribution in [3.8, 4) is 40.6 Å². The van der Waals surface area contributed by atoms with Gasteiger partial charge in [0.05, 0.1) is 57.9 Å². The van der Waals surface area contributed by atoms with E-state index in [0.717, 1.165) is 77.1 Å². The minimum absolute atomic E-state index is 0.423. The molecule has 6 aromatic heterocycles. The zero-order chi connectivity index (χ0) is 38.9. The molecule has 12 nitrogen and oxygen atoms in total. The van der Waals surface area contributed by atoms with Gasteiger partial charge < -0.3 is 9.47 Å². The van der Waals surface area contributed by atoms with Gasteiger partial charge in [-0.1, -0.05) is 36.4 Å². The molecule has 0 fully saturated rings. The molecule has 0 N–H and O–H groups in total. The van der Waals surface area contributed by atoms with E-state index in [9.17, 15) is 0 Å². The Bertz CT molecular complexity index is 3350. The van der Waals surface area contributed by atoms with E-state index in [0.29, 0.717) is 28.9 Å². The third-order valence-electron chi connectivity index (χ3n) is 10.7. The van der Waals surface area contributed by atoms with Gasteiger partial charge in [-0.3, -0.25) is 23.7 Å². The molecule has 0 bridgehead atoms. The standard InChI is InChI=1S/C47H28N10O2/c1-3-7-39-33(5-1)35-13-9-29(23-41(35)55(39)45-27-48-17-19-50-45)58-31-11-15-37-38-16-12-32(26-44(38)57(43(37)25-31)47-52-21-22-53-54-47)59-30-10-14-36-34-6-2-4-8-40(34)56(42(36)24-30)46-28-49-18-20-51-46/h1-28H. The lowest BCUT2D eigenvalue weighted by molar-refractivity contribution is 0.484. The van der Waals surface area contributed by atoms with Crippen LogP contribution < -0.4 is 9.47 Å². The van der Waals surface area contributed by atoms with E-state index in [-0.39, 0.29) is 0 Å². The number of hydrogen-bond acceptors (Lipinski definition) is 9. The first-order chi connectivity index (χ1) is 29.2. The highest BCUT2D eigenvalue weighted by Crippen LogP contribution is 2.40. The van der Waals surface area contributed by atoms with Crippen LogP contribution in [0, 0.1) is 0 Å². The number of nitrogens with zero attached hydrogens (tertiary/aromatic N) is 10. The molecular weight excluding hydrogens is 737 g/mol. The second kappa shape index (κ2) is 13.0. The van der Waals surface area contributed by atoms with E-state index >= 15 is 0 Å². The van der Waals surface area contributed by atoms with Crippen LogP contribution in [0.15, 0.2) is 171 Å². The second-order valence-electron chi connectivity index (χ2n) is 14.0. The molecule has 0 unspecified atom stereocenters. The fraction of sp³-hybridized carbons (Fsp3) is 0. The van der Waals surface area contributed by atoms with Crippen molar-refractivity contribution in [3.05, 3.63) is 171 Å². The summed E-state index contributed by atoms with van der Waals surface area (Å²) in [7, 11) is 0. The summed E-state index contributed by atoms with van der Waals surface area (Å²) in [6.45, 7) is 0. The van der Waals surface area contributed by atoms with Gasteiger partial charge >= 0.3 is 0 Å². The van der Waals surface area contributed by atoms with Crippen LogP contribution >= 0.6 is 0 Å². The minimum atomic E-state index is 0.423. The van der Waals surface area contributed by atoms with Crippen LogP contribution in [-0.4, -0.2) is 48.8 Å². The number of para-hydroxylation sites is 2. The molecule has 0 spiro atoms. The zero-order valence-corrected chi connectivity index (χ0v) is 31.0. The molecule has 12 rings (SSSR count). The highest BCUT2D eigenvalue weighted by atomic mass is 16.5. The van der Waals surface area contributed by atoms with E-state index < -0.39 is 0 Å². The topological polar surface area (TPSA) is 123 Å². The van der Waals surface area contributed by atoms with E-state index in [1.54, 1.807) is 49.6 Å². The Hall–Kier alpha value is -8.51. The smallest absolute Gasteiger partial charge is 0.254 e. The molecule has 12 aromatic rings. The van der Waals surface area contributed by atoms with E-state index in [1.165, 1.54) is 0 Å². The predicted octanol–water partition coefficient (Wildman–Crippen LogP) is 10.3. The largest absolute Gasteiger partial charge is 0.457 e. The van der Waals surface area contributed by atoms with Crippen molar-refractivity contribution >= 4 is 65.4 Å². The maximum Gasteiger partial charge on any atom is 0.254 e. The molecule has 0 saturated heterocycles. The monoisotopic (exact) mass is 764 g/mol. The van der Waals surface area contributed by atoms with Crippen molar-refractivity contribution in [1.29, 1.82) is 0 Å². The molecular formula is C47H28N10O2. The fourth-order valence-electron chi connectivity index (χ4n) is 8.27. The quantitative estimate of drug-likeness (QED) is 0.156. The number of fused-ring (bicyclic) bond motifs is 9. The average molecular weight is 765 g/mol. The normalized spacial score (nSPS) is 11.7. The summed E-state index contributed by atoms with van der Waals surface area (Å²) < 4.78 is 19.4. The van der Waals surface area contributed by atoms with Gasteiger partial charge in [0, 0.05) is 81.4 Å². The van der Waals surface area contributed by atoms with Gasteiger partial charge in [-0.2, -0.15) is 5.10 Å². The summed E-state index contributed by atoms with van der Waals surface area (Å²) in [4.78, 5) is 22.5. The fourth-order valence-corrected chi connectivity index (χ4v) is 8.27. The SMILES string of the molecule is c1ccc2c(c1)c1ccc(Oc3ccc4c5ccc(Oc6ccc7c8ccccc8n(-c8cnccn8)c7c6)cc5n(-c5nccnn5)c4c3)cc1n2-c1cnccn1. The summed E-state index contributed by atoms with van der Waals surface area (Å²) in [6, 6.07) is 40.9. The zero-order valence-electron chi connectivity index (χ0n) is 31.0. The number of aromatic nitrogens is 10. The molecule has 278 valence electrons. The van der Waals surface area contributed by atoms with Gasteiger partial charge in [0.15, 0.2) is 11.6 Å². The van der Waals surface area contributed by atoms with Gasteiger partial charge in [-0.15, -0.1) is 5.10 Å². The Morgan fingerprint density at radius 1 is 0.356 bits per heavy atom. The number of hydrogen-bond donors (Lipinski definition) is 0. The lowest BCUT2D eigenvalue weighted by Crippen LogP contribution is -2.01. The maximum absolute atomic E-state index is 6.62. The minimum Gasteiger partial charge on any atom is -0.457 e. The molecule has 0 amide bonds. The van der Waals surface area contributed by atoms with Crippen molar-refractivity contribution in [2.24, 2.45) is 0 Å². The molecule has 0 saturated carbocycles. The van der Waals surface area contributed by atoms with Crippen LogP contribution in [0.4, 0.5) is 0 Å². The molecule has 0 atom stereocenters. The molecule has 0 aliphatic carbocycles. The third-order valence-corrected chi connectivity index (χ3v) is 10.7. The Labute approximate surface area is 334 Å². The summed E-state index contributed by atoms with van der Waals surface area (Å²) >= 11 is 0. The first-order valence-electron chi connectivity index (χ1n) is 18.9. The van der Waals surface area contributed by atoms with Gasteiger partial charge in [0.25, 0.3) is 5.95 Å². The summed E-state index contributed by atoms with van der Waals surface area (Å²) in [5.74, 6) is 4.53. The van der Waals surface area contributed by atoms with Crippen LogP contribution in [0.2, 0.25) is 0 Å². The predicted molar refractivity (Wildman–Crippen MR) is 227 cm³/mol. The van der Waals surface area contributed by atoms with Crippen LogP contribution in [0.5, 0.6) is 23.0 Å². The van der Waals surface area contributed by atoms with Gasteiger partial charge in [-0.25, -0.2) is 15.0 Å². The highest BCUT2D eigenvalue weighted by molar-refractivity contribution is 6.11. The van der Waals surface area contributed by atoms with Crippen LogP contribution in [0.3, 0.4) is 0 Å². The van der Waals surface area contributed by atoms with Gasteiger partial charge in [0.2, 0.25) is 0 Å². The summed E-state index contributed by atoms with van der Waals surface area (Å²) in [6.07, 6.45) is 13.5. The number of benzene rings is 6. The van der Waals surface area contributed by atoms with Gasteiger partial charge in [0.1, 0.15) is 23.0 Å². The molecule has 0 radical (unpaired) electrons. The second-order valence-corrected chi connectivity index (χ2v) is 14.0. The lowest BCUT2D eigenvalue weighted by Gasteiger charge is -2.10. The van der Waals surface area contributed by atoms with E-state index in [2.05, 4.69) is 92.8 Å². The Morgan fingerprint density at radius 2 is 0.763 bits per heavy atom. The van der Waals surface area contributed by atoms with Crippen LogP contribution in [0.25, 0.3) is 83.0 Å². The van der Waals surface area contributed by atoms with Crippen molar-refractivity contribution in [3.63, 3.8) is 0 Å². The first-order valence-corrected chi connectivity index (χ1v) is 18.9. The van der Waals surface area contributed by atoms with Crippen molar-refractivity contribution in [2.45, 2.75) is 0 Å². The van der Waals surface area contributed by atoms with Crippen LogP contribution in [0.1, 0.15) is 0 Å². The van der Waals surface area contributed by atoms with Crippen LogP contribution in [-0.2, 0) is 0 Å². The molecule has 6 aromatic carbocycles. The van der Waals surface area contributed by atoms with Gasteiger partial charge in [-0.05, 0) is 60.7 Å². The van der Waals surface area contributed by atoms with Crippen molar-refractivity contribution in [2.75, 3.05) is 0 Å². The van der Waals surface area contributed by atoms with Crippen molar-refractivity contribution in [1.82, 2.24) is 48.8 Å². The molecule has 0 aliphatic rings. The first kappa shape index (κ1) is 32.7. The highest BCUT2D eigenvalue weighted by Gasteiger charge is 2.19. The number of ether oxygens (including phenoxy) is 2. The van der Waals surface area contributed by atoms with E-state index in [4.69, 9.17) is 9.47 Å². The molecule has 6 heterocycles. The van der Waals surface area contributed by atoms with Crippen molar-refractivity contribution < 1.29 is 9.47 Å². The maximum atomic E-state index is 6.62. The molecule has 12 heteroatoms. The Morgan fingerprint density at radius 3 is 1.17 bits per heavy atom. The summed E-state index contributed by atoms with van der Waals surface area (Å²) in [5, 5.41) is 15.0. The Kier molecular flexibility index (Phi) is 7.22. The summed E-state index contributed by atoms with van der Waals surface area (Å²) in [5.41, 5.74) is 5.71.